The number of rotatable bonds is 4. The maximum atomic E-state index is 5.40. The largest absolute Gasteiger partial charge is 0.339 e. The Kier molecular flexibility index (Phi) is 4.03. The minimum atomic E-state index is 0.205. The quantitative estimate of drug-likeness (QED) is 0.726. The van der Waals surface area contributed by atoms with Crippen LogP contribution in [0.15, 0.2) is 16.8 Å². The number of nitrogens with zero attached hydrogens (tertiary/aromatic N) is 6. The molecule has 0 unspecified atom stereocenters. The number of aromatic nitrogens is 5. The van der Waals surface area contributed by atoms with E-state index in [4.69, 9.17) is 9.51 Å². The highest BCUT2D eigenvalue weighted by Gasteiger charge is 2.30. The molecule has 0 N–H and O–H groups in total. The van der Waals surface area contributed by atoms with Crippen LogP contribution in [-0.4, -0.2) is 36.0 Å². The van der Waals surface area contributed by atoms with Gasteiger partial charge in [0.1, 0.15) is 0 Å². The van der Waals surface area contributed by atoms with Gasteiger partial charge in [0.25, 0.3) is 0 Å². The van der Waals surface area contributed by atoms with Gasteiger partial charge >= 0.3 is 0 Å². The fraction of sp³-hybridized carbons (Fsp3) is 0.556. The third-order valence-corrected chi connectivity index (χ3v) is 4.79. The molecule has 0 aromatic carbocycles. The number of hydrogen-bond donors (Lipinski definition) is 0. The van der Waals surface area contributed by atoms with Gasteiger partial charge in [-0.3, -0.25) is 9.30 Å². The number of imidazole rings is 1. The van der Waals surface area contributed by atoms with Gasteiger partial charge in [-0.1, -0.05) is 19.0 Å². The number of likely N-dealkylation sites (tertiary alicyclic amines) is 1. The van der Waals surface area contributed by atoms with Crippen LogP contribution in [0.2, 0.25) is 0 Å². The van der Waals surface area contributed by atoms with E-state index in [1.807, 2.05) is 6.92 Å². The Morgan fingerprint density at radius 2 is 2.08 bits per heavy atom. The lowest BCUT2D eigenvalue weighted by Gasteiger charge is -2.20. The summed E-state index contributed by atoms with van der Waals surface area (Å²) in [5.41, 5.74) is 3.17. The van der Waals surface area contributed by atoms with Crippen molar-refractivity contribution < 1.29 is 4.52 Å². The van der Waals surface area contributed by atoms with Crippen molar-refractivity contribution in [2.75, 3.05) is 6.54 Å². The zero-order valence-electron chi connectivity index (χ0n) is 15.2. The molecule has 1 aliphatic heterocycles. The zero-order valence-corrected chi connectivity index (χ0v) is 15.2. The first-order valence-electron chi connectivity index (χ1n) is 8.91. The van der Waals surface area contributed by atoms with Crippen molar-refractivity contribution in [3.63, 3.8) is 0 Å². The molecule has 0 bridgehead atoms. The third kappa shape index (κ3) is 3.04. The minimum Gasteiger partial charge on any atom is -0.339 e. The average Bonchev–Trinajstić information content (AvgIpc) is 3.25. The van der Waals surface area contributed by atoms with Crippen molar-refractivity contribution in [2.45, 2.75) is 59.0 Å². The van der Waals surface area contributed by atoms with Crippen LogP contribution >= 0.6 is 0 Å². The van der Waals surface area contributed by atoms with Gasteiger partial charge in [-0.05, 0) is 39.3 Å². The van der Waals surface area contributed by atoms with Gasteiger partial charge < -0.3 is 4.52 Å². The molecule has 132 valence electrons. The van der Waals surface area contributed by atoms with Gasteiger partial charge in [-0.15, -0.1) is 0 Å². The lowest BCUT2D eigenvalue weighted by atomic mass is 10.2. The van der Waals surface area contributed by atoms with Crippen LogP contribution in [0.1, 0.15) is 67.4 Å². The summed E-state index contributed by atoms with van der Waals surface area (Å²) in [6.07, 6.45) is 4.28. The molecule has 7 nitrogen and oxygen atoms in total. The fourth-order valence-electron chi connectivity index (χ4n) is 3.53. The summed E-state index contributed by atoms with van der Waals surface area (Å²) in [6.45, 7) is 10.0. The van der Waals surface area contributed by atoms with Gasteiger partial charge in [0, 0.05) is 30.0 Å². The molecule has 1 saturated heterocycles. The molecular weight excluding hydrogens is 316 g/mol. The first-order valence-corrected chi connectivity index (χ1v) is 8.91. The predicted molar refractivity (Wildman–Crippen MR) is 93.2 cm³/mol. The van der Waals surface area contributed by atoms with E-state index >= 15 is 0 Å². The van der Waals surface area contributed by atoms with Crippen LogP contribution in [0.5, 0.6) is 0 Å². The second-order valence-electron chi connectivity index (χ2n) is 7.22. The highest BCUT2D eigenvalue weighted by molar-refractivity contribution is 5.34. The molecule has 0 aliphatic carbocycles. The zero-order chi connectivity index (χ0) is 17.6. The summed E-state index contributed by atoms with van der Waals surface area (Å²) in [4.78, 5) is 16.2. The fourth-order valence-corrected chi connectivity index (χ4v) is 3.53. The van der Waals surface area contributed by atoms with Crippen molar-refractivity contribution in [1.29, 1.82) is 0 Å². The molecule has 3 aromatic rings. The molecule has 1 aliphatic rings. The molecule has 0 spiro atoms. The molecule has 1 fully saturated rings. The van der Waals surface area contributed by atoms with Crippen molar-refractivity contribution in [3.05, 3.63) is 41.1 Å². The Morgan fingerprint density at radius 3 is 2.84 bits per heavy atom. The van der Waals surface area contributed by atoms with Crippen molar-refractivity contribution in [1.82, 2.24) is 29.4 Å². The van der Waals surface area contributed by atoms with Gasteiger partial charge in [0.05, 0.1) is 11.7 Å². The monoisotopic (exact) mass is 340 g/mol. The van der Waals surface area contributed by atoms with Crippen LogP contribution in [0, 0.1) is 13.8 Å². The molecule has 0 radical (unpaired) electrons. The van der Waals surface area contributed by atoms with E-state index in [0.29, 0.717) is 5.89 Å². The maximum Gasteiger partial charge on any atom is 0.234 e. The molecule has 25 heavy (non-hydrogen) atoms. The van der Waals surface area contributed by atoms with Crippen molar-refractivity contribution >= 4 is 5.78 Å². The Labute approximate surface area is 147 Å². The summed E-state index contributed by atoms with van der Waals surface area (Å²) in [7, 11) is 0. The SMILES string of the molecule is Cc1cc(C)n2cc(CN3CCC[C@H]3c3noc(C(C)C)n3)nc2n1. The topological polar surface area (TPSA) is 72.3 Å². The van der Waals surface area contributed by atoms with Gasteiger partial charge in [-0.25, -0.2) is 9.97 Å². The molecular formula is C18H24N6O. The first kappa shape index (κ1) is 16.2. The Balaban J connectivity index is 1.57. The second-order valence-corrected chi connectivity index (χ2v) is 7.22. The standard InChI is InChI=1S/C18H24N6O/c1-11(2)17-21-16(22-25-17)15-6-5-7-23(15)9-14-10-24-13(4)8-12(3)19-18(24)20-14/h8,10-11,15H,5-7,9H2,1-4H3/t15-/m0/s1. The molecule has 4 rings (SSSR count). The smallest absolute Gasteiger partial charge is 0.234 e. The second kappa shape index (κ2) is 6.22. The van der Waals surface area contributed by atoms with Crippen LogP contribution in [-0.2, 0) is 6.54 Å². The van der Waals surface area contributed by atoms with E-state index in [2.05, 4.69) is 57.5 Å². The third-order valence-electron chi connectivity index (χ3n) is 4.79. The highest BCUT2D eigenvalue weighted by Crippen LogP contribution is 2.32. The normalized spacial score (nSPS) is 18.7. The highest BCUT2D eigenvalue weighted by atomic mass is 16.5. The molecule has 0 saturated carbocycles. The maximum absolute atomic E-state index is 5.40. The summed E-state index contributed by atoms with van der Waals surface area (Å²) < 4.78 is 7.45. The molecule has 0 amide bonds. The number of hydrogen-bond acceptors (Lipinski definition) is 6. The van der Waals surface area contributed by atoms with Gasteiger partial charge in [-0.2, -0.15) is 4.98 Å². The molecule has 4 heterocycles. The molecule has 7 heteroatoms. The minimum absolute atomic E-state index is 0.205. The van der Waals surface area contributed by atoms with Gasteiger partial charge in [0.2, 0.25) is 11.7 Å². The first-order chi connectivity index (χ1) is 12.0. The lowest BCUT2D eigenvalue weighted by Crippen LogP contribution is -2.23. The Bertz CT molecular complexity index is 896. The van der Waals surface area contributed by atoms with E-state index in [1.54, 1.807) is 0 Å². The van der Waals surface area contributed by atoms with Crippen molar-refractivity contribution in [2.24, 2.45) is 0 Å². The Morgan fingerprint density at radius 1 is 1.24 bits per heavy atom. The van der Waals surface area contributed by atoms with Crippen LogP contribution in [0.3, 0.4) is 0 Å². The van der Waals surface area contributed by atoms with Crippen LogP contribution in [0.25, 0.3) is 5.78 Å². The molecule has 3 aromatic heterocycles. The summed E-state index contributed by atoms with van der Waals surface area (Å²) in [5.74, 6) is 2.54. The Hall–Kier alpha value is -2.28. The van der Waals surface area contributed by atoms with E-state index in [0.717, 1.165) is 54.6 Å². The average molecular weight is 340 g/mol. The molecule has 1 atom stereocenters. The van der Waals surface area contributed by atoms with E-state index < -0.39 is 0 Å². The summed E-state index contributed by atoms with van der Waals surface area (Å²) in [6, 6.07) is 2.28. The summed E-state index contributed by atoms with van der Waals surface area (Å²) >= 11 is 0. The van der Waals surface area contributed by atoms with Gasteiger partial charge in [0.15, 0.2) is 5.82 Å². The number of aryl methyl sites for hydroxylation is 2. The van der Waals surface area contributed by atoms with Crippen molar-refractivity contribution in [3.8, 4) is 0 Å². The van der Waals surface area contributed by atoms with E-state index in [9.17, 15) is 0 Å². The van der Waals surface area contributed by atoms with E-state index in [1.165, 1.54) is 0 Å². The lowest BCUT2D eigenvalue weighted by molar-refractivity contribution is 0.231. The predicted octanol–water partition coefficient (Wildman–Crippen LogP) is 3.19. The number of fused-ring (bicyclic) bond motifs is 1. The summed E-state index contributed by atoms with van der Waals surface area (Å²) in [5, 5.41) is 4.21. The van der Waals surface area contributed by atoms with E-state index in [-0.39, 0.29) is 12.0 Å². The van der Waals surface area contributed by atoms with Crippen LogP contribution in [0.4, 0.5) is 0 Å². The van der Waals surface area contributed by atoms with Crippen LogP contribution < -0.4 is 0 Å².